The molecule has 1 heterocycles. The van der Waals surface area contributed by atoms with Crippen LogP contribution in [0.5, 0.6) is 0 Å². The molecule has 1 aliphatic heterocycles. The Labute approximate surface area is 166 Å². The number of alkyl halides is 1. The lowest BCUT2D eigenvalue weighted by Gasteiger charge is -2.21. The number of rotatable bonds is 5. The maximum absolute atomic E-state index is 12.7. The van der Waals surface area contributed by atoms with Crippen LogP contribution in [0, 0.1) is 5.41 Å². The van der Waals surface area contributed by atoms with Gasteiger partial charge in [0.1, 0.15) is 0 Å². The molecular weight excluding hydrogens is 441 g/mol. The number of benzene rings is 1. The molecule has 0 aromatic heterocycles. The zero-order valence-corrected chi connectivity index (χ0v) is 17.6. The highest BCUT2D eigenvalue weighted by Gasteiger charge is 2.29. The van der Waals surface area contributed by atoms with E-state index in [1.54, 1.807) is 6.21 Å². The Hall–Kier alpha value is -2.01. The first kappa shape index (κ1) is 21.3. The summed E-state index contributed by atoms with van der Waals surface area (Å²) >= 11 is 3.18. The Morgan fingerprint density at radius 2 is 2.15 bits per heavy atom. The molecule has 2 rings (SSSR count). The lowest BCUT2D eigenvalue weighted by atomic mass is 9.97. The summed E-state index contributed by atoms with van der Waals surface area (Å²) in [4.78, 5) is 11.1. The van der Waals surface area contributed by atoms with Crippen molar-refractivity contribution < 1.29 is 17.6 Å². The Morgan fingerprint density at radius 3 is 2.67 bits per heavy atom. The van der Waals surface area contributed by atoms with Crippen LogP contribution >= 0.6 is 15.9 Å². The third kappa shape index (κ3) is 5.48. The van der Waals surface area contributed by atoms with Crippen molar-refractivity contribution in [3.63, 3.8) is 0 Å². The molecule has 0 saturated heterocycles. The van der Waals surface area contributed by atoms with Gasteiger partial charge in [-0.25, -0.2) is 9.40 Å². The summed E-state index contributed by atoms with van der Waals surface area (Å²) in [5.41, 5.74) is 0.0672. The van der Waals surface area contributed by atoms with E-state index in [1.807, 2.05) is 20.8 Å². The van der Waals surface area contributed by atoms with E-state index in [0.717, 1.165) is 0 Å². The van der Waals surface area contributed by atoms with E-state index >= 15 is 0 Å². The molecule has 2 N–H and O–H groups in total. The second-order valence-corrected chi connectivity index (χ2v) is 8.99. The predicted octanol–water partition coefficient (Wildman–Crippen LogP) is 2.34. The minimum Gasteiger partial charge on any atom is -0.354 e. The largest absolute Gasteiger partial charge is 0.354 e. The van der Waals surface area contributed by atoms with Gasteiger partial charge in [-0.3, -0.25) is 4.79 Å². The van der Waals surface area contributed by atoms with Crippen molar-refractivity contribution in [2.75, 3.05) is 25.1 Å². The third-order valence-electron chi connectivity index (χ3n) is 3.52. The minimum atomic E-state index is -4.04. The van der Waals surface area contributed by atoms with Crippen LogP contribution in [0.4, 0.5) is 10.1 Å². The van der Waals surface area contributed by atoms with Crippen molar-refractivity contribution >= 4 is 49.7 Å². The summed E-state index contributed by atoms with van der Waals surface area (Å²) in [6.45, 7) is 5.58. The first-order valence-electron chi connectivity index (χ1n) is 8.15. The van der Waals surface area contributed by atoms with Gasteiger partial charge in [-0.1, -0.05) is 13.8 Å². The quantitative estimate of drug-likeness (QED) is 0.517. The van der Waals surface area contributed by atoms with E-state index < -0.39 is 22.6 Å². The molecule has 0 atom stereocenters. The van der Waals surface area contributed by atoms with E-state index in [9.17, 15) is 17.6 Å². The van der Waals surface area contributed by atoms with Crippen LogP contribution < -0.4 is 10.6 Å². The van der Waals surface area contributed by atoms with E-state index in [-0.39, 0.29) is 22.0 Å². The molecule has 8 nitrogen and oxygen atoms in total. The molecule has 1 aromatic rings. The Balaban J connectivity index is 2.33. The molecule has 0 spiro atoms. The fourth-order valence-corrected chi connectivity index (χ4v) is 3.89. The fourth-order valence-electron chi connectivity index (χ4n) is 2.26. The van der Waals surface area contributed by atoms with Gasteiger partial charge in [0.05, 0.1) is 17.1 Å². The summed E-state index contributed by atoms with van der Waals surface area (Å²) in [7, 11) is -4.04. The number of nitrogens with one attached hydrogen (secondary N) is 2. The highest BCUT2D eigenvalue weighted by molar-refractivity contribution is 9.10. The average molecular weight is 462 g/mol. The van der Waals surface area contributed by atoms with Crippen LogP contribution in [0.25, 0.3) is 0 Å². The molecule has 1 aromatic carbocycles. The van der Waals surface area contributed by atoms with E-state index in [1.165, 1.54) is 23.2 Å². The van der Waals surface area contributed by atoms with Gasteiger partial charge < -0.3 is 10.6 Å². The van der Waals surface area contributed by atoms with Gasteiger partial charge in [0, 0.05) is 22.6 Å². The lowest BCUT2D eigenvalue weighted by Crippen LogP contribution is -2.39. The lowest BCUT2D eigenvalue weighted by molar-refractivity contribution is -0.117. The molecular formula is C16H21BrFN5O3S. The number of guanidine groups is 1. The first-order chi connectivity index (χ1) is 12.6. The Kier molecular flexibility index (Phi) is 6.58. The molecule has 0 saturated carbocycles. The van der Waals surface area contributed by atoms with E-state index in [4.69, 9.17) is 0 Å². The highest BCUT2D eigenvalue weighted by Crippen LogP contribution is 2.27. The highest BCUT2D eigenvalue weighted by atomic mass is 79.9. The number of sulfonamides is 1. The van der Waals surface area contributed by atoms with Crippen LogP contribution in [0.2, 0.25) is 0 Å². The molecule has 0 bridgehead atoms. The number of anilines is 1. The molecule has 1 aliphatic rings. The number of nitrogens with zero attached hydrogens (tertiary/aromatic N) is 3. The standard InChI is InChI=1S/C16H21BrFN5O3S/c1-4-19-15(23-10-16(2,3)9-20-23)22-27(25,26)11-5-6-13(12(17)7-11)21-14(24)8-18/h5-7,9H,4,8,10H2,1-3H3,(H,19,22)(H,21,24). The summed E-state index contributed by atoms with van der Waals surface area (Å²) in [5, 5.41) is 11.0. The second-order valence-electron chi connectivity index (χ2n) is 6.53. The Bertz CT molecular complexity index is 886. The smallest absolute Gasteiger partial charge is 0.285 e. The normalized spacial score (nSPS) is 16.5. The molecule has 148 valence electrons. The first-order valence-corrected chi connectivity index (χ1v) is 10.4. The van der Waals surface area contributed by atoms with Crippen molar-refractivity contribution in [3.05, 3.63) is 22.7 Å². The molecule has 0 radical (unpaired) electrons. The number of carbonyl (C=O) groups excluding carboxylic acids is 1. The molecule has 0 unspecified atom stereocenters. The zero-order chi connectivity index (χ0) is 20.2. The van der Waals surface area contributed by atoms with Gasteiger partial charge in [-0.2, -0.15) is 13.5 Å². The minimum absolute atomic E-state index is 0.0783. The zero-order valence-electron chi connectivity index (χ0n) is 15.2. The van der Waals surface area contributed by atoms with Crippen molar-refractivity contribution in [1.82, 2.24) is 10.3 Å². The van der Waals surface area contributed by atoms with Crippen LogP contribution in [0.1, 0.15) is 20.8 Å². The summed E-state index contributed by atoms with van der Waals surface area (Å²) in [6, 6.07) is 3.95. The maximum atomic E-state index is 12.7. The average Bonchev–Trinajstić information content (AvgIpc) is 2.95. The summed E-state index contributed by atoms with van der Waals surface area (Å²) in [5.74, 6) is -0.696. The van der Waals surface area contributed by atoms with Gasteiger partial charge in [-0.15, -0.1) is 4.40 Å². The van der Waals surface area contributed by atoms with E-state index in [2.05, 4.69) is 36.1 Å². The van der Waals surface area contributed by atoms with Gasteiger partial charge in [-0.05, 0) is 41.1 Å². The van der Waals surface area contributed by atoms with E-state index in [0.29, 0.717) is 17.6 Å². The molecule has 0 fully saturated rings. The molecule has 1 amide bonds. The van der Waals surface area contributed by atoms with Crippen LogP contribution in [-0.4, -0.2) is 51.3 Å². The topological polar surface area (TPSA) is 103 Å². The van der Waals surface area contributed by atoms with Gasteiger partial charge in [0.2, 0.25) is 5.96 Å². The number of carbonyl (C=O) groups is 1. The second kappa shape index (κ2) is 8.34. The fraction of sp³-hybridized carbons (Fsp3) is 0.438. The van der Waals surface area contributed by atoms with Gasteiger partial charge >= 0.3 is 0 Å². The monoisotopic (exact) mass is 461 g/mol. The number of amides is 1. The van der Waals surface area contributed by atoms with Gasteiger partial charge in [0.15, 0.2) is 6.67 Å². The molecule has 11 heteroatoms. The third-order valence-corrected chi connectivity index (χ3v) is 5.44. The van der Waals surface area contributed by atoms with Crippen molar-refractivity contribution in [3.8, 4) is 0 Å². The Morgan fingerprint density at radius 1 is 1.44 bits per heavy atom. The van der Waals surface area contributed by atoms with Crippen molar-refractivity contribution in [1.29, 1.82) is 0 Å². The number of hydrazone groups is 1. The predicted molar refractivity (Wildman–Crippen MR) is 106 cm³/mol. The van der Waals surface area contributed by atoms with Crippen LogP contribution in [0.3, 0.4) is 0 Å². The summed E-state index contributed by atoms with van der Waals surface area (Å²) in [6.07, 6.45) is 1.74. The molecule has 0 aliphatic carbocycles. The number of halogens is 2. The maximum Gasteiger partial charge on any atom is 0.285 e. The summed E-state index contributed by atoms with van der Waals surface area (Å²) < 4.78 is 41.9. The SMILES string of the molecule is CCN/C(=N\S(=O)(=O)c1ccc(NC(=O)CF)c(Br)c1)N1CC(C)(C)C=N1. The van der Waals surface area contributed by atoms with Gasteiger partial charge in [0.25, 0.3) is 15.9 Å². The number of hydrogen-bond donors (Lipinski definition) is 2. The molecule has 27 heavy (non-hydrogen) atoms. The van der Waals surface area contributed by atoms with Crippen molar-refractivity contribution in [2.45, 2.75) is 25.7 Å². The van der Waals surface area contributed by atoms with Crippen LogP contribution in [-0.2, 0) is 14.8 Å². The van der Waals surface area contributed by atoms with Crippen molar-refractivity contribution in [2.24, 2.45) is 14.9 Å². The van der Waals surface area contributed by atoms with Crippen LogP contribution in [0.15, 0.2) is 37.1 Å². The number of hydrogen-bond acceptors (Lipinski definition) is 4.